The quantitative estimate of drug-likeness (QED) is 0.711. The van der Waals surface area contributed by atoms with Gasteiger partial charge in [-0.15, -0.1) is 0 Å². The van der Waals surface area contributed by atoms with Gasteiger partial charge in [0.1, 0.15) is 6.04 Å². The monoisotopic (exact) mass is 213 g/mol. The zero-order chi connectivity index (χ0) is 11.4. The zero-order valence-electron chi connectivity index (χ0n) is 9.58. The fourth-order valence-corrected chi connectivity index (χ4v) is 1.57. The first-order valence-electron chi connectivity index (χ1n) is 5.44. The number of esters is 1. The Morgan fingerprint density at radius 3 is 2.27 bits per heavy atom. The average molecular weight is 213 g/mol. The number of amides is 1. The molecule has 86 valence electrons. The van der Waals surface area contributed by atoms with Gasteiger partial charge in [-0.05, 0) is 18.8 Å². The summed E-state index contributed by atoms with van der Waals surface area (Å²) in [4.78, 5) is 23.0. The second-order valence-electron chi connectivity index (χ2n) is 4.38. The highest BCUT2D eigenvalue weighted by molar-refractivity contribution is 5.86. The summed E-state index contributed by atoms with van der Waals surface area (Å²) in [6, 6.07) is -0.511. The highest BCUT2D eigenvalue weighted by Gasteiger charge is 2.30. The highest BCUT2D eigenvalue weighted by Crippen LogP contribution is 2.26. The summed E-state index contributed by atoms with van der Waals surface area (Å²) in [5.41, 5.74) is 0. The van der Waals surface area contributed by atoms with E-state index >= 15 is 0 Å². The SMILES string of the molecule is COC(=O)[C@@H](NC(=O)C1CCC1)C(C)C. The third-order valence-corrected chi connectivity index (χ3v) is 2.90. The molecule has 0 aromatic heterocycles. The van der Waals surface area contributed by atoms with E-state index in [-0.39, 0.29) is 23.7 Å². The summed E-state index contributed by atoms with van der Waals surface area (Å²) >= 11 is 0. The molecule has 1 fully saturated rings. The van der Waals surface area contributed by atoms with Gasteiger partial charge < -0.3 is 10.1 Å². The summed E-state index contributed by atoms with van der Waals surface area (Å²) < 4.78 is 4.65. The molecule has 15 heavy (non-hydrogen) atoms. The molecule has 1 atom stereocenters. The van der Waals surface area contributed by atoms with Gasteiger partial charge in [0.2, 0.25) is 5.91 Å². The maximum atomic E-state index is 11.6. The van der Waals surface area contributed by atoms with E-state index in [1.807, 2.05) is 13.8 Å². The Labute approximate surface area is 90.4 Å². The number of rotatable bonds is 4. The van der Waals surface area contributed by atoms with Crippen LogP contribution in [0.4, 0.5) is 0 Å². The van der Waals surface area contributed by atoms with Crippen molar-refractivity contribution in [3.8, 4) is 0 Å². The van der Waals surface area contributed by atoms with Crippen molar-refractivity contribution in [3.05, 3.63) is 0 Å². The molecule has 1 rings (SSSR count). The van der Waals surface area contributed by atoms with Crippen molar-refractivity contribution < 1.29 is 14.3 Å². The molecule has 0 saturated heterocycles. The fourth-order valence-electron chi connectivity index (χ4n) is 1.57. The second kappa shape index (κ2) is 5.14. The number of methoxy groups -OCH3 is 1. The molecule has 0 radical (unpaired) electrons. The van der Waals surface area contributed by atoms with Crippen molar-refractivity contribution in [2.75, 3.05) is 7.11 Å². The molecule has 0 aromatic carbocycles. The van der Waals surface area contributed by atoms with E-state index in [1.165, 1.54) is 7.11 Å². The van der Waals surface area contributed by atoms with Gasteiger partial charge in [0.25, 0.3) is 0 Å². The minimum atomic E-state index is -0.511. The summed E-state index contributed by atoms with van der Waals surface area (Å²) in [5.74, 6) is -0.208. The lowest BCUT2D eigenvalue weighted by atomic mass is 9.84. The van der Waals surface area contributed by atoms with Crippen LogP contribution >= 0.6 is 0 Å². The number of hydrogen-bond acceptors (Lipinski definition) is 3. The van der Waals surface area contributed by atoms with Crippen molar-refractivity contribution in [1.29, 1.82) is 0 Å². The van der Waals surface area contributed by atoms with Crippen molar-refractivity contribution >= 4 is 11.9 Å². The smallest absolute Gasteiger partial charge is 0.328 e. The van der Waals surface area contributed by atoms with Crippen LogP contribution in [0.3, 0.4) is 0 Å². The topological polar surface area (TPSA) is 55.4 Å². The van der Waals surface area contributed by atoms with Crippen LogP contribution in [0.2, 0.25) is 0 Å². The Morgan fingerprint density at radius 2 is 1.93 bits per heavy atom. The van der Waals surface area contributed by atoms with E-state index in [4.69, 9.17) is 0 Å². The Hall–Kier alpha value is -1.06. The molecule has 1 saturated carbocycles. The highest BCUT2D eigenvalue weighted by atomic mass is 16.5. The molecule has 4 nitrogen and oxygen atoms in total. The maximum absolute atomic E-state index is 11.6. The molecule has 1 amide bonds. The number of carbonyl (C=O) groups is 2. The number of ether oxygens (including phenoxy) is 1. The summed E-state index contributed by atoms with van der Waals surface area (Å²) in [6.07, 6.45) is 3.00. The predicted octanol–water partition coefficient (Wildman–Crippen LogP) is 1.10. The molecule has 0 spiro atoms. The van der Waals surface area contributed by atoms with E-state index in [2.05, 4.69) is 10.1 Å². The van der Waals surface area contributed by atoms with E-state index in [1.54, 1.807) is 0 Å². The van der Waals surface area contributed by atoms with Crippen molar-refractivity contribution in [1.82, 2.24) is 5.32 Å². The third-order valence-electron chi connectivity index (χ3n) is 2.90. The van der Waals surface area contributed by atoms with E-state index < -0.39 is 6.04 Å². The first-order chi connectivity index (χ1) is 7.06. The molecule has 0 heterocycles. The van der Waals surface area contributed by atoms with Gasteiger partial charge in [-0.25, -0.2) is 4.79 Å². The average Bonchev–Trinajstić information content (AvgIpc) is 2.09. The van der Waals surface area contributed by atoms with Crippen LogP contribution in [0.1, 0.15) is 33.1 Å². The lowest BCUT2D eigenvalue weighted by Gasteiger charge is -2.27. The number of nitrogens with one attached hydrogen (secondary N) is 1. The maximum Gasteiger partial charge on any atom is 0.328 e. The van der Waals surface area contributed by atoms with Crippen LogP contribution in [0.15, 0.2) is 0 Å². The van der Waals surface area contributed by atoms with E-state index in [0.717, 1.165) is 19.3 Å². The van der Waals surface area contributed by atoms with Gasteiger partial charge in [0.05, 0.1) is 7.11 Å². The third kappa shape index (κ3) is 2.94. The number of hydrogen-bond donors (Lipinski definition) is 1. The van der Waals surface area contributed by atoms with E-state index in [0.29, 0.717) is 0 Å². The zero-order valence-corrected chi connectivity index (χ0v) is 9.58. The largest absolute Gasteiger partial charge is 0.467 e. The van der Waals surface area contributed by atoms with Gasteiger partial charge in [-0.3, -0.25) is 4.79 Å². The van der Waals surface area contributed by atoms with Crippen molar-refractivity contribution in [2.45, 2.75) is 39.2 Å². The summed E-state index contributed by atoms with van der Waals surface area (Å²) in [7, 11) is 1.34. The van der Waals surface area contributed by atoms with Crippen molar-refractivity contribution in [3.63, 3.8) is 0 Å². The Balaban J connectivity index is 2.49. The summed E-state index contributed by atoms with van der Waals surface area (Å²) in [6.45, 7) is 3.78. The van der Waals surface area contributed by atoms with Crippen LogP contribution in [0.5, 0.6) is 0 Å². The fraction of sp³-hybridized carbons (Fsp3) is 0.818. The van der Waals surface area contributed by atoms with Gasteiger partial charge in [0, 0.05) is 5.92 Å². The summed E-state index contributed by atoms with van der Waals surface area (Å²) in [5, 5.41) is 2.76. The predicted molar refractivity (Wildman–Crippen MR) is 56.1 cm³/mol. The molecular weight excluding hydrogens is 194 g/mol. The van der Waals surface area contributed by atoms with Gasteiger partial charge in [-0.2, -0.15) is 0 Å². The number of carbonyl (C=O) groups excluding carboxylic acids is 2. The van der Waals surface area contributed by atoms with Crippen LogP contribution in [-0.2, 0) is 14.3 Å². The first kappa shape index (κ1) is 12.0. The molecular formula is C11H19NO3. The molecule has 0 unspecified atom stereocenters. The molecule has 0 aliphatic heterocycles. The molecule has 0 aromatic rings. The van der Waals surface area contributed by atoms with Gasteiger partial charge in [0.15, 0.2) is 0 Å². The van der Waals surface area contributed by atoms with Crippen LogP contribution in [0, 0.1) is 11.8 Å². The Bertz CT molecular complexity index is 246. The van der Waals surface area contributed by atoms with Gasteiger partial charge in [-0.1, -0.05) is 20.3 Å². The molecule has 0 bridgehead atoms. The van der Waals surface area contributed by atoms with E-state index in [9.17, 15) is 9.59 Å². The van der Waals surface area contributed by atoms with Crippen molar-refractivity contribution in [2.24, 2.45) is 11.8 Å². The minimum absolute atomic E-state index is 0.00894. The molecule has 1 aliphatic carbocycles. The minimum Gasteiger partial charge on any atom is -0.467 e. The first-order valence-corrected chi connectivity index (χ1v) is 5.44. The van der Waals surface area contributed by atoms with Crippen LogP contribution in [0.25, 0.3) is 0 Å². The normalized spacial score (nSPS) is 18.1. The standard InChI is InChI=1S/C11H19NO3/c1-7(2)9(11(14)15-3)12-10(13)8-5-4-6-8/h7-9H,4-6H2,1-3H3,(H,12,13)/t9-/m0/s1. The Kier molecular flexibility index (Phi) is 4.12. The molecule has 1 N–H and O–H groups in total. The van der Waals surface area contributed by atoms with Gasteiger partial charge >= 0.3 is 5.97 Å². The lowest BCUT2D eigenvalue weighted by Crippen LogP contribution is -2.48. The van der Waals surface area contributed by atoms with Crippen LogP contribution < -0.4 is 5.32 Å². The van der Waals surface area contributed by atoms with Crippen LogP contribution in [-0.4, -0.2) is 25.0 Å². The Morgan fingerprint density at radius 1 is 1.33 bits per heavy atom. The molecule has 1 aliphatic rings. The second-order valence-corrected chi connectivity index (χ2v) is 4.38. The molecule has 4 heteroatoms. The lowest BCUT2D eigenvalue weighted by molar-refractivity contribution is -0.147.